The molecule has 0 unspecified atom stereocenters. The Hall–Kier alpha value is -3.12. The summed E-state index contributed by atoms with van der Waals surface area (Å²) in [7, 11) is -3.71. The number of nitrogens with zero attached hydrogens (tertiary/aromatic N) is 2. The molecule has 2 aliphatic carbocycles. The topological polar surface area (TPSA) is 130 Å². The van der Waals surface area contributed by atoms with Crippen LogP contribution in [0.5, 0.6) is 11.6 Å². The van der Waals surface area contributed by atoms with Gasteiger partial charge in [-0.1, -0.05) is 0 Å². The maximum Gasteiger partial charge on any atom is 0.274 e. The number of benzene rings is 1. The third kappa shape index (κ3) is 6.12. The second-order valence-corrected chi connectivity index (χ2v) is 12.1. The SMILES string of the molecule is O=C(Nc1ccc(NS(=O)(=O)CCO)cc1N1CCC2(CC1)CC2)c1ccc(OCF)c(OC2CCC2)n1. The highest BCUT2D eigenvalue weighted by molar-refractivity contribution is 7.92. The van der Waals surface area contributed by atoms with Crippen molar-refractivity contribution >= 4 is 33.0 Å². The van der Waals surface area contributed by atoms with E-state index in [2.05, 4.69) is 19.9 Å². The summed E-state index contributed by atoms with van der Waals surface area (Å²) < 4.78 is 50.6. The first kappa shape index (κ1) is 26.5. The second kappa shape index (κ2) is 10.9. The van der Waals surface area contributed by atoms with Gasteiger partial charge in [0.1, 0.15) is 11.8 Å². The summed E-state index contributed by atoms with van der Waals surface area (Å²) in [5.41, 5.74) is 2.07. The Balaban J connectivity index is 1.39. The number of carbonyl (C=O) groups excluding carboxylic acids is 1. The molecule has 1 spiro atoms. The van der Waals surface area contributed by atoms with Crippen LogP contribution < -0.4 is 24.4 Å². The van der Waals surface area contributed by atoms with E-state index in [0.717, 1.165) is 45.2 Å². The summed E-state index contributed by atoms with van der Waals surface area (Å²) in [6.07, 6.45) is 7.29. The lowest BCUT2D eigenvalue weighted by Gasteiger charge is -2.35. The molecule has 2 heterocycles. The minimum Gasteiger partial charge on any atom is -0.472 e. The zero-order valence-corrected chi connectivity index (χ0v) is 21.9. The number of alkyl halides is 1. The summed E-state index contributed by atoms with van der Waals surface area (Å²) >= 11 is 0. The fourth-order valence-corrected chi connectivity index (χ4v) is 5.68. The molecule has 206 valence electrons. The molecule has 0 radical (unpaired) electrons. The van der Waals surface area contributed by atoms with Gasteiger partial charge in [-0.05, 0) is 80.7 Å². The van der Waals surface area contributed by atoms with Crippen molar-refractivity contribution < 1.29 is 32.2 Å². The normalized spacial score (nSPS) is 18.5. The number of amides is 1. The molecule has 0 bridgehead atoms. The van der Waals surface area contributed by atoms with Crippen LogP contribution in [0.15, 0.2) is 30.3 Å². The maximum absolute atomic E-state index is 13.2. The summed E-state index contributed by atoms with van der Waals surface area (Å²) in [6.45, 7) is 0.0630. The summed E-state index contributed by atoms with van der Waals surface area (Å²) in [4.78, 5) is 19.7. The van der Waals surface area contributed by atoms with Gasteiger partial charge >= 0.3 is 0 Å². The zero-order chi connectivity index (χ0) is 26.8. The molecule has 1 aliphatic heterocycles. The van der Waals surface area contributed by atoms with Gasteiger partial charge in [0.15, 0.2) is 5.75 Å². The Kier molecular flexibility index (Phi) is 7.62. The van der Waals surface area contributed by atoms with Gasteiger partial charge in [0.25, 0.3) is 11.8 Å². The molecule has 3 aliphatic rings. The van der Waals surface area contributed by atoms with Crippen LogP contribution in [-0.4, -0.2) is 62.8 Å². The number of aliphatic hydroxyl groups excluding tert-OH is 1. The molecule has 2 saturated carbocycles. The highest BCUT2D eigenvalue weighted by Crippen LogP contribution is 2.54. The Morgan fingerprint density at radius 2 is 1.92 bits per heavy atom. The zero-order valence-electron chi connectivity index (χ0n) is 21.1. The number of halogens is 1. The monoisotopic (exact) mass is 548 g/mol. The van der Waals surface area contributed by atoms with Crippen LogP contribution in [0.3, 0.4) is 0 Å². The number of rotatable bonds is 11. The van der Waals surface area contributed by atoms with Crippen molar-refractivity contribution in [3.8, 4) is 11.6 Å². The van der Waals surface area contributed by atoms with E-state index in [0.29, 0.717) is 22.5 Å². The molecule has 10 nitrogen and oxygen atoms in total. The van der Waals surface area contributed by atoms with Gasteiger partial charge in [-0.2, -0.15) is 0 Å². The van der Waals surface area contributed by atoms with Gasteiger partial charge in [-0.3, -0.25) is 9.52 Å². The smallest absolute Gasteiger partial charge is 0.274 e. The van der Waals surface area contributed by atoms with Crippen LogP contribution in [-0.2, 0) is 10.0 Å². The minimum atomic E-state index is -3.71. The molecular weight excluding hydrogens is 515 g/mol. The standard InChI is InChI=1S/C26H33FN4O6S/c27-17-36-23-7-6-21(29-25(23)37-19-2-1-3-19)24(33)28-20-5-4-18(30-38(34,35)15-14-32)16-22(20)31-12-10-26(8-9-26)11-13-31/h4-7,16,19,30,32H,1-3,8-15,17H2,(H,28,33). The molecule has 12 heteroatoms. The number of aromatic nitrogens is 1. The molecule has 38 heavy (non-hydrogen) atoms. The van der Waals surface area contributed by atoms with E-state index in [9.17, 15) is 17.6 Å². The lowest BCUT2D eigenvalue weighted by Crippen LogP contribution is -2.35. The maximum atomic E-state index is 13.2. The number of sulfonamides is 1. The lowest BCUT2D eigenvalue weighted by molar-refractivity contribution is 0.0977. The van der Waals surface area contributed by atoms with E-state index in [1.165, 1.54) is 25.0 Å². The lowest BCUT2D eigenvalue weighted by atomic mass is 9.93. The van der Waals surface area contributed by atoms with Crippen LogP contribution in [0, 0.1) is 5.41 Å². The van der Waals surface area contributed by atoms with Crippen molar-refractivity contribution in [2.45, 2.75) is 51.0 Å². The van der Waals surface area contributed by atoms with E-state index in [1.807, 2.05) is 0 Å². The number of anilines is 3. The summed E-state index contributed by atoms with van der Waals surface area (Å²) in [5, 5.41) is 12.0. The Bertz CT molecular complexity index is 1270. The minimum absolute atomic E-state index is 0.0367. The molecule has 3 fully saturated rings. The van der Waals surface area contributed by atoms with Crippen LogP contribution in [0.1, 0.15) is 55.4 Å². The number of hydrogen-bond acceptors (Lipinski definition) is 8. The second-order valence-electron chi connectivity index (χ2n) is 10.2. The van der Waals surface area contributed by atoms with Gasteiger partial charge in [0.2, 0.25) is 16.9 Å². The van der Waals surface area contributed by atoms with Gasteiger partial charge in [-0.25, -0.2) is 17.8 Å². The van der Waals surface area contributed by atoms with E-state index < -0.39 is 35.2 Å². The van der Waals surface area contributed by atoms with Gasteiger partial charge < -0.3 is 24.8 Å². The van der Waals surface area contributed by atoms with Crippen LogP contribution in [0.2, 0.25) is 0 Å². The van der Waals surface area contributed by atoms with Crippen molar-refractivity contribution in [2.75, 3.05) is 47.2 Å². The van der Waals surface area contributed by atoms with E-state index in [-0.39, 0.29) is 23.4 Å². The molecule has 1 saturated heterocycles. The number of aliphatic hydroxyl groups is 1. The van der Waals surface area contributed by atoms with Crippen LogP contribution in [0.25, 0.3) is 0 Å². The first-order chi connectivity index (χ1) is 18.3. The molecule has 1 amide bonds. The first-order valence-electron chi connectivity index (χ1n) is 13.0. The number of carbonyl (C=O) groups is 1. The van der Waals surface area contributed by atoms with Gasteiger partial charge in [-0.15, -0.1) is 0 Å². The van der Waals surface area contributed by atoms with E-state index in [4.69, 9.17) is 14.6 Å². The van der Waals surface area contributed by atoms with Crippen molar-refractivity contribution in [3.63, 3.8) is 0 Å². The molecule has 1 aromatic carbocycles. The summed E-state index contributed by atoms with van der Waals surface area (Å²) in [5.74, 6) is -0.676. The third-order valence-electron chi connectivity index (χ3n) is 7.60. The molecule has 3 N–H and O–H groups in total. The number of hydrogen-bond donors (Lipinski definition) is 3. The Morgan fingerprint density at radius 3 is 2.55 bits per heavy atom. The predicted molar refractivity (Wildman–Crippen MR) is 141 cm³/mol. The van der Waals surface area contributed by atoms with E-state index in [1.54, 1.807) is 18.2 Å². The van der Waals surface area contributed by atoms with Crippen molar-refractivity contribution in [1.29, 1.82) is 0 Å². The van der Waals surface area contributed by atoms with Gasteiger partial charge in [0, 0.05) is 13.1 Å². The first-order valence-corrected chi connectivity index (χ1v) is 14.6. The number of pyridine rings is 1. The molecule has 1 aromatic heterocycles. The third-order valence-corrected chi connectivity index (χ3v) is 8.87. The quantitative estimate of drug-likeness (QED) is 0.388. The van der Waals surface area contributed by atoms with Crippen molar-refractivity contribution in [1.82, 2.24) is 4.98 Å². The Morgan fingerprint density at radius 1 is 1.16 bits per heavy atom. The highest BCUT2D eigenvalue weighted by atomic mass is 32.2. The molecule has 2 aromatic rings. The highest BCUT2D eigenvalue weighted by Gasteiger charge is 2.44. The largest absolute Gasteiger partial charge is 0.472 e. The number of ether oxygens (including phenoxy) is 2. The summed E-state index contributed by atoms with van der Waals surface area (Å²) in [6, 6.07) is 7.83. The number of nitrogens with one attached hydrogen (secondary N) is 2. The van der Waals surface area contributed by atoms with E-state index >= 15 is 0 Å². The molecule has 5 rings (SSSR count). The van der Waals surface area contributed by atoms with Crippen LogP contribution >= 0.6 is 0 Å². The Labute approximate surface area is 221 Å². The average molecular weight is 549 g/mol. The molecule has 0 atom stereocenters. The van der Waals surface area contributed by atoms with Gasteiger partial charge in [0.05, 0.1) is 29.4 Å². The fourth-order valence-electron chi connectivity index (χ4n) is 4.85. The number of piperidine rings is 1. The van der Waals surface area contributed by atoms with Crippen molar-refractivity contribution in [3.05, 3.63) is 36.0 Å². The molecular formula is C26H33FN4O6S. The van der Waals surface area contributed by atoms with Crippen molar-refractivity contribution in [2.24, 2.45) is 5.41 Å². The fraction of sp³-hybridized carbons (Fsp3) is 0.538. The van der Waals surface area contributed by atoms with Crippen LogP contribution in [0.4, 0.5) is 21.5 Å². The average Bonchev–Trinajstić information content (AvgIpc) is 3.62. The predicted octanol–water partition coefficient (Wildman–Crippen LogP) is 3.69.